The first-order chi connectivity index (χ1) is 9.58. The van der Waals surface area contributed by atoms with Crippen molar-refractivity contribution >= 4 is 17.6 Å². The standard InChI is InChI=1S/C15H13ClO4/c16-14-7-2-1-6-12(14)13(15(18)19)9-20-11-5-3-4-10(17)8-11/h1-8,13,17H,9H2,(H,18,19). The number of halogens is 1. The van der Waals surface area contributed by atoms with Crippen molar-refractivity contribution in [2.75, 3.05) is 6.61 Å². The van der Waals surface area contributed by atoms with Crippen molar-refractivity contribution in [3.63, 3.8) is 0 Å². The summed E-state index contributed by atoms with van der Waals surface area (Å²) in [7, 11) is 0. The number of carboxylic acids is 1. The van der Waals surface area contributed by atoms with Gasteiger partial charge in [-0.2, -0.15) is 0 Å². The second-order valence-electron chi connectivity index (χ2n) is 4.22. The lowest BCUT2D eigenvalue weighted by atomic mass is 10.0. The van der Waals surface area contributed by atoms with E-state index in [4.69, 9.17) is 16.3 Å². The highest BCUT2D eigenvalue weighted by Crippen LogP contribution is 2.26. The summed E-state index contributed by atoms with van der Waals surface area (Å²) in [4.78, 5) is 11.4. The van der Waals surface area contributed by atoms with E-state index in [0.717, 1.165) is 0 Å². The number of phenolic OH excluding ortho intramolecular Hbond substituents is 1. The van der Waals surface area contributed by atoms with Gasteiger partial charge in [-0.25, -0.2) is 0 Å². The zero-order valence-electron chi connectivity index (χ0n) is 10.5. The maximum Gasteiger partial charge on any atom is 0.314 e. The van der Waals surface area contributed by atoms with E-state index in [1.807, 2.05) is 0 Å². The maximum absolute atomic E-state index is 11.4. The Morgan fingerprint density at radius 3 is 2.60 bits per heavy atom. The monoisotopic (exact) mass is 292 g/mol. The average Bonchev–Trinajstić information content (AvgIpc) is 2.40. The van der Waals surface area contributed by atoms with E-state index in [0.29, 0.717) is 16.3 Å². The molecule has 0 aromatic heterocycles. The SMILES string of the molecule is O=C(O)C(COc1cccc(O)c1)c1ccccc1Cl. The minimum atomic E-state index is -1.02. The summed E-state index contributed by atoms with van der Waals surface area (Å²) in [6.45, 7) is -0.0669. The minimum absolute atomic E-state index is 0.0621. The molecule has 0 heterocycles. The predicted octanol–water partition coefficient (Wildman–Crippen LogP) is 3.29. The highest BCUT2D eigenvalue weighted by atomic mass is 35.5. The summed E-state index contributed by atoms with van der Waals surface area (Å²) in [5.74, 6) is -1.42. The molecule has 4 nitrogen and oxygen atoms in total. The maximum atomic E-state index is 11.4. The average molecular weight is 293 g/mol. The first-order valence-corrected chi connectivity index (χ1v) is 6.35. The first kappa shape index (κ1) is 14.2. The molecule has 0 amide bonds. The van der Waals surface area contributed by atoms with E-state index in [-0.39, 0.29) is 12.4 Å². The quantitative estimate of drug-likeness (QED) is 0.887. The lowest BCUT2D eigenvalue weighted by Crippen LogP contribution is -2.19. The lowest BCUT2D eigenvalue weighted by Gasteiger charge is -2.15. The van der Waals surface area contributed by atoms with Crippen molar-refractivity contribution in [3.05, 3.63) is 59.1 Å². The summed E-state index contributed by atoms with van der Waals surface area (Å²) < 4.78 is 5.42. The van der Waals surface area contributed by atoms with E-state index in [9.17, 15) is 15.0 Å². The van der Waals surface area contributed by atoms with Crippen LogP contribution in [0.5, 0.6) is 11.5 Å². The number of benzene rings is 2. The molecule has 0 aliphatic rings. The fourth-order valence-electron chi connectivity index (χ4n) is 1.80. The van der Waals surface area contributed by atoms with Gasteiger partial charge in [-0.3, -0.25) is 4.79 Å². The van der Waals surface area contributed by atoms with Gasteiger partial charge in [0.1, 0.15) is 24.0 Å². The number of hydrogen-bond donors (Lipinski definition) is 2. The normalized spacial score (nSPS) is 11.8. The van der Waals surface area contributed by atoms with Crippen molar-refractivity contribution < 1.29 is 19.7 Å². The van der Waals surface area contributed by atoms with Crippen LogP contribution >= 0.6 is 11.6 Å². The molecule has 0 spiro atoms. The van der Waals surface area contributed by atoms with E-state index < -0.39 is 11.9 Å². The van der Waals surface area contributed by atoms with Crippen molar-refractivity contribution in [1.29, 1.82) is 0 Å². The molecule has 0 radical (unpaired) electrons. The van der Waals surface area contributed by atoms with Gasteiger partial charge in [0.15, 0.2) is 0 Å². The zero-order chi connectivity index (χ0) is 14.5. The lowest BCUT2D eigenvalue weighted by molar-refractivity contribution is -0.139. The minimum Gasteiger partial charge on any atom is -0.508 e. The van der Waals surface area contributed by atoms with Crippen LogP contribution in [0.25, 0.3) is 0 Å². The van der Waals surface area contributed by atoms with Crippen molar-refractivity contribution in [3.8, 4) is 11.5 Å². The van der Waals surface area contributed by atoms with Gasteiger partial charge < -0.3 is 14.9 Å². The smallest absolute Gasteiger partial charge is 0.314 e. The second-order valence-corrected chi connectivity index (χ2v) is 4.63. The third-order valence-corrected chi connectivity index (χ3v) is 3.16. The number of carboxylic acid groups (broad SMARTS) is 1. The predicted molar refractivity (Wildman–Crippen MR) is 75.4 cm³/mol. The van der Waals surface area contributed by atoms with Crippen LogP contribution in [0, 0.1) is 0 Å². The molecule has 1 unspecified atom stereocenters. The van der Waals surface area contributed by atoms with E-state index in [1.54, 1.807) is 36.4 Å². The van der Waals surface area contributed by atoms with Gasteiger partial charge in [-0.05, 0) is 23.8 Å². The molecule has 2 aromatic rings. The summed E-state index contributed by atoms with van der Waals surface area (Å²) in [6, 6.07) is 13.0. The van der Waals surface area contributed by atoms with Crippen molar-refractivity contribution in [1.82, 2.24) is 0 Å². The largest absolute Gasteiger partial charge is 0.508 e. The Kier molecular flexibility index (Phi) is 4.48. The Morgan fingerprint density at radius 1 is 1.20 bits per heavy atom. The molecule has 2 rings (SSSR count). The van der Waals surface area contributed by atoms with Crippen LogP contribution in [0.1, 0.15) is 11.5 Å². The fourth-order valence-corrected chi connectivity index (χ4v) is 2.07. The first-order valence-electron chi connectivity index (χ1n) is 5.97. The number of carbonyl (C=O) groups is 1. The van der Waals surface area contributed by atoms with Crippen LogP contribution in [-0.2, 0) is 4.79 Å². The molecule has 2 aromatic carbocycles. The third-order valence-electron chi connectivity index (χ3n) is 2.81. The molecule has 0 saturated carbocycles. The van der Waals surface area contributed by atoms with Crippen LogP contribution in [-0.4, -0.2) is 22.8 Å². The molecule has 0 bridgehead atoms. The van der Waals surface area contributed by atoms with Gasteiger partial charge >= 0.3 is 5.97 Å². The molecule has 0 saturated heterocycles. The van der Waals surface area contributed by atoms with E-state index >= 15 is 0 Å². The molecule has 20 heavy (non-hydrogen) atoms. The summed E-state index contributed by atoms with van der Waals surface area (Å²) in [6.07, 6.45) is 0. The summed E-state index contributed by atoms with van der Waals surface area (Å²) >= 11 is 6.01. The zero-order valence-corrected chi connectivity index (χ0v) is 11.2. The van der Waals surface area contributed by atoms with Crippen LogP contribution < -0.4 is 4.74 Å². The fraction of sp³-hybridized carbons (Fsp3) is 0.133. The number of aromatic hydroxyl groups is 1. The highest BCUT2D eigenvalue weighted by Gasteiger charge is 2.23. The molecule has 0 fully saturated rings. The van der Waals surface area contributed by atoms with Gasteiger partial charge in [-0.15, -0.1) is 0 Å². The molecule has 5 heteroatoms. The third kappa shape index (κ3) is 3.42. The van der Waals surface area contributed by atoms with Crippen LogP contribution in [0.15, 0.2) is 48.5 Å². The second kappa shape index (κ2) is 6.30. The van der Waals surface area contributed by atoms with Gasteiger partial charge in [0.25, 0.3) is 0 Å². The number of rotatable bonds is 5. The topological polar surface area (TPSA) is 66.8 Å². The number of hydrogen-bond acceptors (Lipinski definition) is 3. The van der Waals surface area contributed by atoms with E-state index in [1.165, 1.54) is 12.1 Å². The Bertz CT molecular complexity index is 612. The molecular formula is C15H13ClO4. The van der Waals surface area contributed by atoms with Crippen molar-refractivity contribution in [2.24, 2.45) is 0 Å². The number of ether oxygens (including phenoxy) is 1. The van der Waals surface area contributed by atoms with Crippen LogP contribution in [0.3, 0.4) is 0 Å². The summed E-state index contributed by atoms with van der Waals surface area (Å²) in [5.41, 5.74) is 0.502. The Hall–Kier alpha value is -2.20. The molecule has 2 N–H and O–H groups in total. The Labute approximate surface area is 121 Å². The number of aliphatic carboxylic acids is 1. The van der Waals surface area contributed by atoms with Crippen molar-refractivity contribution in [2.45, 2.75) is 5.92 Å². The summed E-state index contributed by atoms with van der Waals surface area (Å²) in [5, 5.41) is 19.0. The van der Waals surface area contributed by atoms with Gasteiger partial charge in [0, 0.05) is 11.1 Å². The highest BCUT2D eigenvalue weighted by molar-refractivity contribution is 6.31. The van der Waals surface area contributed by atoms with Gasteiger partial charge in [0.2, 0.25) is 0 Å². The molecular weight excluding hydrogens is 280 g/mol. The number of phenols is 1. The molecule has 0 aliphatic heterocycles. The Morgan fingerprint density at radius 2 is 1.95 bits per heavy atom. The van der Waals surface area contributed by atoms with Crippen LogP contribution in [0.2, 0.25) is 5.02 Å². The van der Waals surface area contributed by atoms with Crippen LogP contribution in [0.4, 0.5) is 0 Å². The van der Waals surface area contributed by atoms with E-state index in [2.05, 4.69) is 0 Å². The molecule has 104 valence electrons. The van der Waals surface area contributed by atoms with Gasteiger partial charge in [0.05, 0.1) is 0 Å². The molecule has 1 atom stereocenters. The van der Waals surface area contributed by atoms with Gasteiger partial charge in [-0.1, -0.05) is 35.9 Å². The Balaban J connectivity index is 2.15. The molecule has 0 aliphatic carbocycles.